The Morgan fingerprint density at radius 3 is 2.21 bits per heavy atom. The Balaban J connectivity index is 1.79. The summed E-state index contributed by atoms with van der Waals surface area (Å²) >= 11 is 11.7. The maximum atomic E-state index is 13.3. The molecular weight excluding hydrogens is 445 g/mol. The van der Waals surface area contributed by atoms with Crippen LogP contribution < -0.4 is 9.83 Å². The summed E-state index contributed by atoms with van der Waals surface area (Å²) < 4.78 is 53.0. The molecule has 0 saturated heterocycles. The highest BCUT2D eigenvalue weighted by Gasteiger charge is 2.16. The molecule has 0 atom stereocenters. The molecule has 0 radical (unpaired) electrons. The van der Waals surface area contributed by atoms with Crippen LogP contribution in [0.3, 0.4) is 0 Å². The SMILES string of the molecule is O=S(=O)(Nc1ccc(C([O-])=Nc2ccc(Cl)c(Cl)c2)cc1)c1ccc(F)c(F)c1. The lowest BCUT2D eigenvalue weighted by molar-refractivity contribution is -0.212. The molecule has 0 spiro atoms. The van der Waals surface area contributed by atoms with Crippen LogP contribution in [0.5, 0.6) is 0 Å². The minimum Gasteiger partial charge on any atom is -0.858 e. The van der Waals surface area contributed by atoms with Crippen molar-refractivity contribution in [3.05, 3.63) is 87.9 Å². The van der Waals surface area contributed by atoms with Crippen molar-refractivity contribution >= 4 is 50.5 Å². The maximum Gasteiger partial charge on any atom is 0.261 e. The number of halogens is 4. The van der Waals surface area contributed by atoms with Gasteiger partial charge < -0.3 is 5.11 Å². The molecular formula is C19H11Cl2F2N2O3S-. The van der Waals surface area contributed by atoms with E-state index in [-0.39, 0.29) is 16.3 Å². The van der Waals surface area contributed by atoms with Crippen LogP contribution in [0.2, 0.25) is 10.0 Å². The van der Waals surface area contributed by atoms with Gasteiger partial charge in [0.25, 0.3) is 10.0 Å². The average Bonchev–Trinajstić information content (AvgIpc) is 2.67. The standard InChI is InChI=1S/C19H12Cl2F2N2O3S/c20-15-7-5-13(9-16(15)21)24-19(26)11-1-3-12(4-2-11)25-29(27,28)14-6-8-17(22)18(23)10-14/h1-10,25H,(H,24,26)/p-1. The van der Waals surface area contributed by atoms with Crippen molar-refractivity contribution in [1.29, 1.82) is 0 Å². The van der Waals surface area contributed by atoms with Crippen molar-refractivity contribution in [3.63, 3.8) is 0 Å². The van der Waals surface area contributed by atoms with Gasteiger partial charge in [0.05, 0.1) is 20.6 Å². The smallest absolute Gasteiger partial charge is 0.261 e. The second-order valence-electron chi connectivity index (χ2n) is 5.77. The molecule has 1 N–H and O–H groups in total. The minimum atomic E-state index is -4.14. The van der Waals surface area contributed by atoms with E-state index in [9.17, 15) is 22.3 Å². The van der Waals surface area contributed by atoms with E-state index in [0.29, 0.717) is 16.8 Å². The molecule has 0 bridgehead atoms. The zero-order chi connectivity index (χ0) is 21.2. The highest BCUT2D eigenvalue weighted by molar-refractivity contribution is 7.92. The summed E-state index contributed by atoms with van der Waals surface area (Å²) in [4.78, 5) is 3.46. The second kappa shape index (κ2) is 8.36. The van der Waals surface area contributed by atoms with Gasteiger partial charge >= 0.3 is 0 Å². The molecule has 3 aromatic carbocycles. The summed E-state index contributed by atoms with van der Waals surface area (Å²) in [5.41, 5.74) is 0.639. The number of nitrogens with zero attached hydrogens (tertiary/aromatic N) is 1. The molecule has 5 nitrogen and oxygen atoms in total. The number of sulfonamides is 1. The fourth-order valence-corrected chi connectivity index (χ4v) is 3.64. The van der Waals surface area contributed by atoms with Gasteiger partial charge in [-0.05, 0) is 60.0 Å². The number of anilines is 1. The first-order valence-corrected chi connectivity index (χ1v) is 10.2. The van der Waals surface area contributed by atoms with Crippen LogP contribution in [0.1, 0.15) is 5.56 Å². The third kappa shape index (κ3) is 5.03. The van der Waals surface area contributed by atoms with Gasteiger partial charge in [-0.1, -0.05) is 35.3 Å². The topological polar surface area (TPSA) is 81.6 Å². The molecule has 0 fully saturated rings. The molecule has 0 unspecified atom stereocenters. The van der Waals surface area contributed by atoms with Gasteiger partial charge in [0.15, 0.2) is 11.6 Å². The maximum absolute atomic E-state index is 13.3. The third-order valence-electron chi connectivity index (χ3n) is 3.72. The largest absolute Gasteiger partial charge is 0.858 e. The van der Waals surface area contributed by atoms with E-state index in [1.54, 1.807) is 0 Å². The molecule has 3 aromatic rings. The molecule has 0 aliphatic rings. The summed E-state index contributed by atoms with van der Waals surface area (Å²) in [7, 11) is -4.14. The Morgan fingerprint density at radius 1 is 0.897 bits per heavy atom. The zero-order valence-corrected chi connectivity index (χ0v) is 16.7. The predicted octanol–water partition coefficient (Wildman–Crippen LogP) is 4.51. The highest BCUT2D eigenvalue weighted by Crippen LogP contribution is 2.27. The van der Waals surface area contributed by atoms with Gasteiger partial charge in [0, 0.05) is 5.69 Å². The van der Waals surface area contributed by atoms with Crippen molar-refractivity contribution in [2.24, 2.45) is 4.99 Å². The number of nitrogens with one attached hydrogen (secondary N) is 1. The lowest BCUT2D eigenvalue weighted by Gasteiger charge is -2.13. The number of hydrogen-bond acceptors (Lipinski definition) is 4. The monoisotopic (exact) mass is 455 g/mol. The van der Waals surface area contributed by atoms with Gasteiger partial charge in [-0.2, -0.15) is 0 Å². The first kappa shape index (κ1) is 21.0. The first-order valence-electron chi connectivity index (χ1n) is 7.95. The number of hydrogen-bond donors (Lipinski definition) is 1. The van der Waals surface area contributed by atoms with Crippen LogP contribution in [-0.4, -0.2) is 14.3 Å². The molecule has 0 aliphatic heterocycles. The number of aliphatic imine (C=N–C) groups is 1. The fourth-order valence-electron chi connectivity index (χ4n) is 2.28. The molecule has 3 rings (SSSR count). The highest BCUT2D eigenvalue weighted by atomic mass is 35.5. The van der Waals surface area contributed by atoms with E-state index < -0.39 is 32.5 Å². The van der Waals surface area contributed by atoms with E-state index in [4.69, 9.17) is 23.2 Å². The van der Waals surface area contributed by atoms with Gasteiger partial charge in [0.2, 0.25) is 0 Å². The second-order valence-corrected chi connectivity index (χ2v) is 8.27. The van der Waals surface area contributed by atoms with E-state index in [1.165, 1.54) is 42.5 Å². The van der Waals surface area contributed by atoms with Crippen molar-refractivity contribution < 1.29 is 22.3 Å². The summed E-state index contributed by atoms with van der Waals surface area (Å²) in [6, 6.07) is 12.1. The Morgan fingerprint density at radius 2 is 1.59 bits per heavy atom. The molecule has 29 heavy (non-hydrogen) atoms. The van der Waals surface area contributed by atoms with Gasteiger partial charge in [-0.3, -0.25) is 9.71 Å². The number of rotatable bonds is 5. The molecule has 0 aromatic heterocycles. The van der Waals surface area contributed by atoms with E-state index in [2.05, 4.69) is 9.71 Å². The molecule has 150 valence electrons. The Labute approximate surface area is 175 Å². The summed E-state index contributed by atoms with van der Waals surface area (Å²) in [5, 5.41) is 12.8. The van der Waals surface area contributed by atoms with Crippen LogP contribution in [-0.2, 0) is 10.0 Å². The van der Waals surface area contributed by atoms with Crippen LogP contribution in [0.25, 0.3) is 0 Å². The minimum absolute atomic E-state index is 0.126. The van der Waals surface area contributed by atoms with Crippen molar-refractivity contribution in [2.45, 2.75) is 4.90 Å². The zero-order valence-electron chi connectivity index (χ0n) is 14.4. The Bertz CT molecular complexity index is 1200. The van der Waals surface area contributed by atoms with Crippen LogP contribution in [0.4, 0.5) is 20.2 Å². The van der Waals surface area contributed by atoms with Crippen molar-refractivity contribution in [2.75, 3.05) is 4.72 Å². The van der Waals surface area contributed by atoms with E-state index in [1.807, 2.05) is 0 Å². The van der Waals surface area contributed by atoms with E-state index in [0.717, 1.165) is 12.1 Å². The average molecular weight is 456 g/mol. The lowest BCUT2D eigenvalue weighted by Crippen LogP contribution is -2.18. The molecule has 0 heterocycles. The predicted molar refractivity (Wildman–Crippen MR) is 106 cm³/mol. The Kier molecular flexibility index (Phi) is 6.07. The quantitative estimate of drug-likeness (QED) is 0.453. The molecule has 0 amide bonds. The van der Waals surface area contributed by atoms with Gasteiger partial charge in [0.1, 0.15) is 0 Å². The van der Waals surface area contributed by atoms with Crippen LogP contribution >= 0.6 is 23.2 Å². The van der Waals surface area contributed by atoms with Crippen LogP contribution in [0.15, 0.2) is 70.6 Å². The molecule has 0 saturated carbocycles. The summed E-state index contributed by atoms with van der Waals surface area (Å²) in [5.74, 6) is -3.01. The fraction of sp³-hybridized carbons (Fsp3) is 0. The summed E-state index contributed by atoms with van der Waals surface area (Å²) in [6.07, 6.45) is 0. The van der Waals surface area contributed by atoms with Gasteiger partial charge in [-0.15, -0.1) is 0 Å². The van der Waals surface area contributed by atoms with E-state index >= 15 is 0 Å². The first-order chi connectivity index (χ1) is 13.7. The normalized spacial score (nSPS) is 12.1. The third-order valence-corrected chi connectivity index (χ3v) is 5.84. The molecule has 10 heteroatoms. The van der Waals surface area contributed by atoms with Crippen LogP contribution in [0, 0.1) is 11.6 Å². The van der Waals surface area contributed by atoms with Gasteiger partial charge in [-0.25, -0.2) is 17.2 Å². The lowest BCUT2D eigenvalue weighted by atomic mass is 10.2. The van der Waals surface area contributed by atoms with Crippen molar-refractivity contribution in [3.8, 4) is 0 Å². The number of benzene rings is 3. The Hall–Kier alpha value is -2.68. The summed E-state index contributed by atoms with van der Waals surface area (Å²) in [6.45, 7) is 0. The molecule has 0 aliphatic carbocycles. The van der Waals surface area contributed by atoms with Crippen molar-refractivity contribution in [1.82, 2.24) is 0 Å².